The largest absolute Gasteiger partial charge is 0.308 e. The molecular weight excluding hydrogens is 172 g/mol. The van der Waals surface area contributed by atoms with Crippen LogP contribution in [0.4, 0.5) is 0 Å². The van der Waals surface area contributed by atoms with Crippen LogP contribution in [0.1, 0.15) is 22.4 Å². The third kappa shape index (κ3) is 1.03. The van der Waals surface area contributed by atoms with E-state index in [2.05, 4.69) is 17.2 Å². The van der Waals surface area contributed by atoms with Crippen molar-refractivity contribution in [3.63, 3.8) is 0 Å². The fourth-order valence-electron chi connectivity index (χ4n) is 1.60. The van der Waals surface area contributed by atoms with Gasteiger partial charge in [0.2, 0.25) is 0 Å². The average molecular weight is 183 g/mol. The number of nitrogens with one attached hydrogen (secondary N) is 1. The van der Waals surface area contributed by atoms with Gasteiger partial charge in [-0.05, 0) is 25.0 Å². The number of rotatable bonds is 0. The molecule has 2 nitrogen and oxygen atoms in total. The smallest absolute Gasteiger partial charge is 0.134 e. The van der Waals surface area contributed by atoms with Gasteiger partial charge in [0.05, 0.1) is 0 Å². The van der Waals surface area contributed by atoms with Gasteiger partial charge in [-0.2, -0.15) is 0 Å². The van der Waals surface area contributed by atoms with E-state index in [0.29, 0.717) is 5.15 Å². The number of halogens is 1. The Labute approximate surface area is 77.0 Å². The summed E-state index contributed by atoms with van der Waals surface area (Å²) in [6, 6.07) is 0. The van der Waals surface area contributed by atoms with Crippen molar-refractivity contribution >= 4 is 11.6 Å². The first-order valence-electron chi connectivity index (χ1n) is 4.05. The molecule has 0 aliphatic carbocycles. The van der Waals surface area contributed by atoms with E-state index in [-0.39, 0.29) is 0 Å². The van der Waals surface area contributed by atoms with E-state index in [1.165, 1.54) is 16.7 Å². The highest BCUT2D eigenvalue weighted by Gasteiger charge is 2.17. The van der Waals surface area contributed by atoms with Crippen molar-refractivity contribution in [2.75, 3.05) is 0 Å². The maximum atomic E-state index is 6.00. The molecule has 0 bridgehead atoms. The lowest BCUT2D eigenvalue weighted by molar-refractivity contribution is 0.763. The summed E-state index contributed by atoms with van der Waals surface area (Å²) in [5, 5.41) is 3.94. The Morgan fingerprint density at radius 1 is 1.25 bits per heavy atom. The van der Waals surface area contributed by atoms with Crippen molar-refractivity contribution in [1.29, 1.82) is 0 Å². The van der Waals surface area contributed by atoms with Crippen molar-refractivity contribution in [2.45, 2.75) is 26.9 Å². The second kappa shape index (κ2) is 2.71. The number of nitrogens with zero attached hydrogens (tertiary/aromatic N) is 1. The Hall–Kier alpha value is -0.600. The van der Waals surface area contributed by atoms with Crippen LogP contribution in [0.3, 0.4) is 0 Å². The summed E-state index contributed by atoms with van der Waals surface area (Å²) in [7, 11) is 0. The summed E-state index contributed by atoms with van der Waals surface area (Å²) in [6.45, 7) is 5.90. The molecule has 0 unspecified atom stereocenters. The highest BCUT2D eigenvalue weighted by Crippen LogP contribution is 2.26. The average Bonchev–Trinajstić information content (AvgIpc) is 2.48. The summed E-state index contributed by atoms with van der Waals surface area (Å²) >= 11 is 6.00. The summed E-state index contributed by atoms with van der Waals surface area (Å²) in [4.78, 5) is 4.27. The zero-order valence-corrected chi connectivity index (χ0v) is 8.00. The standard InChI is InChI=1S/C9H11ClN2/c1-5-6(2)12-9(10)8-4-11-3-7(5)8/h11H,3-4H2,1-2H3. The number of aryl methyl sites for hydroxylation is 1. The van der Waals surface area contributed by atoms with Crippen LogP contribution < -0.4 is 5.32 Å². The summed E-state index contributed by atoms with van der Waals surface area (Å²) in [6.07, 6.45) is 0. The Morgan fingerprint density at radius 2 is 1.92 bits per heavy atom. The maximum absolute atomic E-state index is 6.00. The molecule has 1 aliphatic rings. The molecule has 64 valence electrons. The number of aromatic nitrogens is 1. The highest BCUT2D eigenvalue weighted by atomic mass is 35.5. The van der Waals surface area contributed by atoms with Crippen LogP contribution in [-0.4, -0.2) is 4.98 Å². The zero-order chi connectivity index (χ0) is 8.72. The summed E-state index contributed by atoms with van der Waals surface area (Å²) in [5.41, 5.74) is 4.84. The molecule has 2 rings (SSSR count). The lowest BCUT2D eigenvalue weighted by Crippen LogP contribution is -2.00. The van der Waals surface area contributed by atoms with E-state index in [0.717, 1.165) is 18.8 Å². The monoisotopic (exact) mass is 182 g/mol. The van der Waals surface area contributed by atoms with Gasteiger partial charge >= 0.3 is 0 Å². The molecular formula is C9H11ClN2. The number of hydrogen-bond donors (Lipinski definition) is 1. The first kappa shape index (κ1) is 8.02. The van der Waals surface area contributed by atoms with Crippen molar-refractivity contribution < 1.29 is 0 Å². The molecule has 0 radical (unpaired) electrons. The van der Waals surface area contributed by atoms with Gasteiger partial charge in [0.15, 0.2) is 0 Å². The van der Waals surface area contributed by atoms with Gasteiger partial charge in [0.25, 0.3) is 0 Å². The minimum atomic E-state index is 0.665. The molecule has 0 amide bonds. The SMILES string of the molecule is Cc1nc(Cl)c2c(c1C)CNC2. The minimum absolute atomic E-state index is 0.665. The summed E-state index contributed by atoms with van der Waals surface area (Å²) in [5.74, 6) is 0. The third-order valence-electron chi connectivity index (χ3n) is 2.48. The first-order chi connectivity index (χ1) is 5.70. The molecule has 3 heteroatoms. The minimum Gasteiger partial charge on any atom is -0.308 e. The Morgan fingerprint density at radius 3 is 2.67 bits per heavy atom. The van der Waals surface area contributed by atoms with Crippen LogP contribution in [0.5, 0.6) is 0 Å². The van der Waals surface area contributed by atoms with Crippen LogP contribution in [0.2, 0.25) is 5.15 Å². The van der Waals surface area contributed by atoms with Crippen molar-refractivity contribution in [1.82, 2.24) is 10.3 Å². The molecule has 1 aromatic rings. The van der Waals surface area contributed by atoms with Gasteiger partial charge in [-0.1, -0.05) is 11.6 Å². The Kier molecular flexibility index (Phi) is 1.81. The van der Waals surface area contributed by atoms with Gasteiger partial charge in [0, 0.05) is 24.3 Å². The van der Waals surface area contributed by atoms with Crippen molar-refractivity contribution in [3.8, 4) is 0 Å². The molecule has 1 aliphatic heterocycles. The fraction of sp³-hybridized carbons (Fsp3) is 0.444. The molecule has 0 aromatic carbocycles. The van der Waals surface area contributed by atoms with Crippen molar-refractivity contribution in [2.24, 2.45) is 0 Å². The van der Waals surface area contributed by atoms with Crippen molar-refractivity contribution in [3.05, 3.63) is 27.5 Å². The van der Waals surface area contributed by atoms with E-state index >= 15 is 0 Å². The van der Waals surface area contributed by atoms with Gasteiger partial charge in [-0.3, -0.25) is 0 Å². The Bertz CT molecular complexity index is 334. The maximum Gasteiger partial charge on any atom is 0.134 e. The zero-order valence-electron chi connectivity index (χ0n) is 7.24. The lowest BCUT2D eigenvalue weighted by atomic mass is 10.1. The predicted molar refractivity (Wildman–Crippen MR) is 49.3 cm³/mol. The molecule has 1 aromatic heterocycles. The molecule has 1 N–H and O–H groups in total. The van der Waals surface area contributed by atoms with E-state index in [9.17, 15) is 0 Å². The third-order valence-corrected chi connectivity index (χ3v) is 2.79. The number of pyridine rings is 1. The number of hydrogen-bond acceptors (Lipinski definition) is 2. The molecule has 0 spiro atoms. The number of fused-ring (bicyclic) bond motifs is 1. The molecule has 12 heavy (non-hydrogen) atoms. The van der Waals surface area contributed by atoms with E-state index in [1.54, 1.807) is 0 Å². The second-order valence-corrected chi connectivity index (χ2v) is 3.53. The predicted octanol–water partition coefficient (Wildman–Crippen LogP) is 1.96. The highest BCUT2D eigenvalue weighted by molar-refractivity contribution is 6.30. The lowest BCUT2D eigenvalue weighted by Gasteiger charge is -2.06. The van der Waals surface area contributed by atoms with E-state index in [4.69, 9.17) is 11.6 Å². The van der Waals surface area contributed by atoms with Crippen LogP contribution in [0.25, 0.3) is 0 Å². The second-order valence-electron chi connectivity index (χ2n) is 3.17. The quantitative estimate of drug-likeness (QED) is 0.621. The van der Waals surface area contributed by atoms with Gasteiger partial charge in [-0.15, -0.1) is 0 Å². The molecule has 0 atom stereocenters. The molecule has 0 saturated carbocycles. The van der Waals surface area contributed by atoms with Crippen LogP contribution in [0, 0.1) is 13.8 Å². The molecule has 0 fully saturated rings. The van der Waals surface area contributed by atoms with Crippen LogP contribution in [0.15, 0.2) is 0 Å². The summed E-state index contributed by atoms with van der Waals surface area (Å²) < 4.78 is 0. The topological polar surface area (TPSA) is 24.9 Å². The van der Waals surface area contributed by atoms with E-state index in [1.807, 2.05) is 6.92 Å². The first-order valence-corrected chi connectivity index (χ1v) is 4.43. The van der Waals surface area contributed by atoms with Gasteiger partial charge in [0.1, 0.15) is 5.15 Å². The van der Waals surface area contributed by atoms with Gasteiger partial charge < -0.3 is 5.32 Å². The van der Waals surface area contributed by atoms with E-state index < -0.39 is 0 Å². The van der Waals surface area contributed by atoms with Gasteiger partial charge in [-0.25, -0.2) is 4.98 Å². The normalized spacial score (nSPS) is 14.9. The van der Waals surface area contributed by atoms with Crippen LogP contribution in [-0.2, 0) is 13.1 Å². The van der Waals surface area contributed by atoms with Crippen LogP contribution >= 0.6 is 11.6 Å². The fourth-order valence-corrected chi connectivity index (χ4v) is 1.91. The molecule has 2 heterocycles. The molecule has 0 saturated heterocycles. The Balaban J connectivity index is 2.69.